The van der Waals surface area contributed by atoms with E-state index in [1.54, 1.807) is 24.3 Å². The summed E-state index contributed by atoms with van der Waals surface area (Å²) in [5, 5.41) is 48.5. The molecular weight excluding hydrogens is 448 g/mol. The van der Waals surface area contributed by atoms with Crippen LogP contribution in [0.3, 0.4) is 0 Å². The summed E-state index contributed by atoms with van der Waals surface area (Å²) in [5.41, 5.74) is 1.07. The van der Waals surface area contributed by atoms with E-state index in [4.69, 9.17) is 14.0 Å². The number of rotatable bonds is 7. The minimum Gasteiger partial charge on any atom is -0.508 e. The number of phenols is 1. The maximum Gasteiger partial charge on any atom is 0.446 e. The summed E-state index contributed by atoms with van der Waals surface area (Å²) in [6, 6.07) is 10.0. The lowest BCUT2D eigenvalue weighted by molar-refractivity contribution is -0.277. The summed E-state index contributed by atoms with van der Waals surface area (Å²) in [4.78, 5) is 0. The maximum atomic E-state index is 11.1. The van der Waals surface area contributed by atoms with Gasteiger partial charge in [-0.25, -0.2) is 0 Å². The molecule has 0 aliphatic carbocycles. The normalized spacial score (nSPS) is 26.2. The fourth-order valence-corrected chi connectivity index (χ4v) is 3.34. The van der Waals surface area contributed by atoms with Crippen LogP contribution in [0.5, 0.6) is 17.2 Å². The Kier molecular flexibility index (Phi) is 7.36. The maximum absolute atomic E-state index is 11.1. The van der Waals surface area contributed by atoms with Crippen molar-refractivity contribution in [2.45, 2.75) is 30.7 Å². The number of aromatic hydroxyl groups is 1. The van der Waals surface area contributed by atoms with Gasteiger partial charge in [0.15, 0.2) is 0 Å². The molecule has 5 unspecified atom stereocenters. The summed E-state index contributed by atoms with van der Waals surface area (Å²) in [7, 11) is -4.85. The quantitative estimate of drug-likeness (QED) is 0.235. The summed E-state index contributed by atoms with van der Waals surface area (Å²) < 4.78 is 46.5. The van der Waals surface area contributed by atoms with E-state index in [9.17, 15) is 34.0 Å². The van der Waals surface area contributed by atoms with Gasteiger partial charge in [0.05, 0.1) is 6.61 Å². The van der Waals surface area contributed by atoms with Crippen LogP contribution in [-0.2, 0) is 15.1 Å². The zero-order valence-electron chi connectivity index (χ0n) is 16.4. The summed E-state index contributed by atoms with van der Waals surface area (Å²) >= 11 is 0. The Balaban J connectivity index is 1.89. The molecule has 0 bridgehead atoms. The van der Waals surface area contributed by atoms with Crippen molar-refractivity contribution in [3.05, 3.63) is 53.6 Å². The topological polar surface area (TPSA) is 183 Å². The summed E-state index contributed by atoms with van der Waals surface area (Å²) in [6.45, 7) is -0.655. The fourth-order valence-electron chi connectivity index (χ4n) is 3.00. The third kappa shape index (κ3) is 6.17. The van der Waals surface area contributed by atoms with E-state index in [0.29, 0.717) is 11.1 Å². The molecule has 32 heavy (non-hydrogen) atoms. The molecule has 0 saturated carbocycles. The number of aliphatic hydroxyl groups excluding tert-OH is 4. The highest BCUT2D eigenvalue weighted by Gasteiger charge is 2.44. The van der Waals surface area contributed by atoms with Crippen LogP contribution in [0.25, 0.3) is 12.2 Å². The lowest BCUT2D eigenvalue weighted by atomic mass is 9.99. The fraction of sp³-hybridized carbons (Fsp3) is 0.300. The predicted octanol–water partition coefficient (Wildman–Crippen LogP) is -0.0771. The van der Waals surface area contributed by atoms with E-state index in [1.165, 1.54) is 24.3 Å². The summed E-state index contributed by atoms with van der Waals surface area (Å²) in [6.07, 6.45) is -4.45. The molecule has 0 radical (unpaired) electrons. The molecule has 3 rings (SSSR count). The van der Waals surface area contributed by atoms with Crippen LogP contribution >= 0.6 is 0 Å². The molecule has 1 aliphatic heterocycles. The molecular formula is C20H22O11S. The van der Waals surface area contributed by atoms with E-state index >= 15 is 0 Å². The molecule has 1 fully saturated rings. The SMILES string of the molecule is O=S(=O)(O)Oc1cc(/C=C\c2ccc(O)cc2)cc(OC2OC(CO)C(O)C(O)C2O)c1. The lowest BCUT2D eigenvalue weighted by Crippen LogP contribution is -2.60. The molecule has 2 aromatic rings. The Bertz CT molecular complexity index is 1050. The van der Waals surface area contributed by atoms with Crippen LogP contribution in [0.1, 0.15) is 11.1 Å². The second-order valence-corrected chi connectivity index (χ2v) is 8.01. The smallest absolute Gasteiger partial charge is 0.446 e. The minimum absolute atomic E-state index is 0.0687. The van der Waals surface area contributed by atoms with Crippen molar-refractivity contribution in [3.63, 3.8) is 0 Å². The number of hydrogen-bond donors (Lipinski definition) is 6. The van der Waals surface area contributed by atoms with Gasteiger partial charge in [-0.15, -0.1) is 0 Å². The zero-order valence-corrected chi connectivity index (χ0v) is 17.2. The summed E-state index contributed by atoms with van der Waals surface area (Å²) in [5.74, 6) is -0.304. The van der Waals surface area contributed by atoms with Crippen molar-refractivity contribution in [2.75, 3.05) is 6.61 Å². The molecule has 1 saturated heterocycles. The Hall–Kier alpha value is -2.71. The molecule has 2 aromatic carbocycles. The largest absolute Gasteiger partial charge is 0.508 e. The van der Waals surface area contributed by atoms with E-state index in [0.717, 1.165) is 6.07 Å². The molecule has 6 N–H and O–H groups in total. The average molecular weight is 470 g/mol. The zero-order chi connectivity index (χ0) is 23.5. The highest BCUT2D eigenvalue weighted by Crippen LogP contribution is 2.29. The van der Waals surface area contributed by atoms with Crippen molar-refractivity contribution in [1.82, 2.24) is 0 Å². The van der Waals surface area contributed by atoms with E-state index in [1.807, 2.05) is 0 Å². The standard InChI is InChI=1S/C20H22O11S/c21-10-16-17(23)18(24)19(25)20(30-16)29-14-7-12(8-15(9-14)31-32(26,27)28)2-1-11-3-5-13(22)6-4-11/h1-9,16-25H,10H2,(H,26,27,28)/b2-1-. The van der Waals surface area contributed by atoms with Gasteiger partial charge in [-0.3, -0.25) is 4.55 Å². The van der Waals surface area contributed by atoms with E-state index < -0.39 is 47.7 Å². The van der Waals surface area contributed by atoms with Gasteiger partial charge in [0, 0.05) is 6.07 Å². The average Bonchev–Trinajstić information content (AvgIpc) is 2.72. The van der Waals surface area contributed by atoms with Gasteiger partial charge in [0.1, 0.15) is 41.7 Å². The van der Waals surface area contributed by atoms with Crippen molar-refractivity contribution < 1.29 is 52.2 Å². The number of ether oxygens (including phenoxy) is 2. The van der Waals surface area contributed by atoms with Crippen LogP contribution in [0.4, 0.5) is 0 Å². The lowest BCUT2D eigenvalue weighted by Gasteiger charge is -2.39. The van der Waals surface area contributed by atoms with Crippen LogP contribution < -0.4 is 8.92 Å². The number of phenolic OH excluding ortho intramolecular Hbond substituents is 1. The molecule has 11 nitrogen and oxygen atoms in total. The van der Waals surface area contributed by atoms with Crippen LogP contribution in [0, 0.1) is 0 Å². The Labute approximate surface area is 183 Å². The molecule has 5 atom stereocenters. The number of hydrogen-bond acceptors (Lipinski definition) is 10. The highest BCUT2D eigenvalue weighted by atomic mass is 32.3. The van der Waals surface area contributed by atoms with Gasteiger partial charge in [-0.05, 0) is 35.4 Å². The van der Waals surface area contributed by atoms with Crippen molar-refractivity contribution in [3.8, 4) is 17.2 Å². The highest BCUT2D eigenvalue weighted by molar-refractivity contribution is 7.81. The van der Waals surface area contributed by atoms with E-state index in [2.05, 4.69) is 4.18 Å². The number of aliphatic hydroxyl groups is 4. The first-order valence-electron chi connectivity index (χ1n) is 9.32. The van der Waals surface area contributed by atoms with Crippen molar-refractivity contribution in [2.24, 2.45) is 0 Å². The first-order chi connectivity index (χ1) is 15.1. The predicted molar refractivity (Wildman–Crippen MR) is 110 cm³/mol. The van der Waals surface area contributed by atoms with Gasteiger partial charge in [0.25, 0.3) is 0 Å². The molecule has 0 amide bonds. The Morgan fingerprint density at radius 2 is 1.53 bits per heavy atom. The first kappa shape index (κ1) is 23.9. The Morgan fingerprint density at radius 3 is 2.16 bits per heavy atom. The van der Waals surface area contributed by atoms with Gasteiger partial charge in [0.2, 0.25) is 6.29 Å². The molecule has 174 valence electrons. The second-order valence-electron chi connectivity index (χ2n) is 6.99. The molecule has 1 aliphatic rings. The van der Waals surface area contributed by atoms with Crippen LogP contribution in [-0.4, -0.2) is 75.8 Å². The van der Waals surface area contributed by atoms with Crippen molar-refractivity contribution >= 4 is 22.6 Å². The Morgan fingerprint density at radius 1 is 0.906 bits per heavy atom. The molecule has 0 spiro atoms. The van der Waals surface area contributed by atoms with E-state index in [-0.39, 0.29) is 17.2 Å². The monoisotopic (exact) mass is 470 g/mol. The van der Waals surface area contributed by atoms with Crippen LogP contribution in [0.15, 0.2) is 42.5 Å². The van der Waals surface area contributed by atoms with Gasteiger partial charge in [-0.2, -0.15) is 8.42 Å². The minimum atomic E-state index is -4.85. The van der Waals surface area contributed by atoms with Gasteiger partial charge in [-0.1, -0.05) is 24.3 Å². The second kappa shape index (κ2) is 9.83. The van der Waals surface area contributed by atoms with Crippen LogP contribution in [0.2, 0.25) is 0 Å². The first-order valence-corrected chi connectivity index (χ1v) is 10.7. The molecule has 12 heteroatoms. The number of benzene rings is 2. The molecule has 1 heterocycles. The molecule has 0 aromatic heterocycles. The van der Waals surface area contributed by atoms with Crippen molar-refractivity contribution in [1.29, 1.82) is 0 Å². The van der Waals surface area contributed by atoms with Gasteiger partial charge >= 0.3 is 10.4 Å². The van der Waals surface area contributed by atoms with Gasteiger partial charge < -0.3 is 39.2 Å². The third-order valence-corrected chi connectivity index (χ3v) is 4.97. The third-order valence-electron chi connectivity index (χ3n) is 4.57.